The molecule has 0 spiro atoms. The maximum absolute atomic E-state index is 8.52. The summed E-state index contributed by atoms with van der Waals surface area (Å²) in [5.74, 6) is 4.42. The Kier molecular flexibility index (Phi) is 23.1. The molecule has 13 heavy (non-hydrogen) atoms. The van der Waals surface area contributed by atoms with Crippen molar-refractivity contribution >= 4 is 40.8 Å². The molecule has 0 rings (SSSR count). The molecule has 0 aliphatic carbocycles. The van der Waals surface area contributed by atoms with E-state index in [0.717, 1.165) is 30.4 Å². The van der Waals surface area contributed by atoms with Crippen LogP contribution in [0, 0.1) is 0 Å². The minimum absolute atomic E-state index is 0.750. The first-order valence-electron chi connectivity index (χ1n) is 4.05. The molecule has 0 saturated carbocycles. The molecule has 0 unspecified atom stereocenters. The molecule has 0 fully saturated rings. The summed E-state index contributed by atoms with van der Waals surface area (Å²) in [6, 6.07) is 0. The van der Waals surface area contributed by atoms with E-state index in [9.17, 15) is 0 Å². The van der Waals surface area contributed by atoms with Gasteiger partial charge in [0.25, 0.3) is 0 Å². The van der Waals surface area contributed by atoms with Gasteiger partial charge in [0, 0.05) is 10.4 Å². The summed E-state index contributed by atoms with van der Waals surface area (Å²) in [4.78, 5) is 0. The Morgan fingerprint density at radius 2 is 1.23 bits per heavy atom. The second kappa shape index (κ2) is 15.4. The number of rotatable bonds is 2. The third-order valence-corrected chi connectivity index (χ3v) is 1.73. The Hall–Kier alpha value is 0.935. The molecule has 0 bridgehead atoms. The van der Waals surface area contributed by atoms with Gasteiger partial charge in [-0.2, -0.15) is 0 Å². The average Bonchev–Trinajstić information content (AvgIpc) is 1.87. The third-order valence-electron chi connectivity index (χ3n) is 0.577. The van der Waals surface area contributed by atoms with E-state index in [1.165, 1.54) is 10.6 Å². The van der Waals surface area contributed by atoms with E-state index >= 15 is 0 Å². The normalized spacial score (nSPS) is 7.85. The van der Waals surface area contributed by atoms with E-state index in [0.29, 0.717) is 0 Å². The zero-order chi connectivity index (χ0) is 11.3. The Morgan fingerprint density at radius 1 is 1.08 bits per heavy atom. The van der Waals surface area contributed by atoms with E-state index in [-0.39, 0.29) is 0 Å². The van der Waals surface area contributed by atoms with Crippen molar-refractivity contribution in [1.29, 1.82) is 0 Å². The fourth-order valence-electron chi connectivity index (χ4n) is 0.289. The van der Waals surface area contributed by atoms with Crippen LogP contribution in [0.4, 0.5) is 0 Å². The van der Waals surface area contributed by atoms with E-state index in [1.807, 2.05) is 0 Å². The van der Waals surface area contributed by atoms with Gasteiger partial charge in [0.2, 0.25) is 0 Å². The molecule has 0 N–H and O–H groups in total. The summed E-state index contributed by atoms with van der Waals surface area (Å²) >= 11 is 1.56. The number of hydrogen-bond donors (Lipinski definition) is 0. The van der Waals surface area contributed by atoms with Crippen molar-refractivity contribution in [2.24, 2.45) is 0 Å². The molecular weight excluding hydrogens is 222 g/mol. The summed E-state index contributed by atoms with van der Waals surface area (Å²) < 4.78 is 34.1. The third kappa shape index (κ3) is 180. The van der Waals surface area contributed by atoms with Crippen molar-refractivity contribution in [3.05, 3.63) is 0 Å². The van der Waals surface area contributed by atoms with Crippen LogP contribution in [0.2, 0.25) is 22.1 Å². The summed E-state index contributed by atoms with van der Waals surface area (Å²) in [6.07, 6.45) is 0. The first-order chi connectivity index (χ1) is 5.83. The van der Waals surface area contributed by atoms with Gasteiger partial charge in [0.1, 0.15) is 0 Å². The fourth-order valence-corrected chi connectivity index (χ4v) is 0.866. The molecule has 0 heterocycles. The first kappa shape index (κ1) is 19.5. The van der Waals surface area contributed by atoms with E-state index < -0.39 is 10.4 Å². The standard InChI is InChI=1S/2C2H5.2CH3.2Al.H2O4S/c2*1-2;;;;;1-5(2,3)4/h2*1H2,2H3;2*1H3;;;(H2,1,2,3,4)/q;;;;2*+1;/p-2. The van der Waals surface area contributed by atoms with Crippen LogP contribution in [0.3, 0.4) is 0 Å². The van der Waals surface area contributed by atoms with E-state index in [1.54, 1.807) is 0 Å². The van der Waals surface area contributed by atoms with Crippen molar-refractivity contribution < 1.29 is 17.5 Å². The van der Waals surface area contributed by atoms with E-state index in [2.05, 4.69) is 25.4 Å². The van der Waals surface area contributed by atoms with Crippen LogP contribution >= 0.6 is 0 Å². The first-order valence-corrected chi connectivity index (χ1v) is 9.33. The zero-order valence-corrected chi connectivity index (χ0v) is 11.7. The molecule has 0 aromatic rings. The monoisotopic (exact) mass is 238 g/mol. The molecule has 0 aliphatic rings. The molecule has 0 aliphatic heterocycles. The van der Waals surface area contributed by atoms with Crippen LogP contribution in [-0.2, 0) is 10.4 Å². The van der Waals surface area contributed by atoms with Crippen LogP contribution in [0.25, 0.3) is 0 Å². The van der Waals surface area contributed by atoms with Gasteiger partial charge in [0.15, 0.2) is 0 Å². The Labute approximate surface area is 94.1 Å². The maximum atomic E-state index is 8.52. The van der Waals surface area contributed by atoms with Crippen LogP contribution in [0.5, 0.6) is 0 Å². The van der Waals surface area contributed by atoms with Crippen LogP contribution < -0.4 is 0 Å². The van der Waals surface area contributed by atoms with Crippen LogP contribution in [0.1, 0.15) is 13.8 Å². The second-order valence-electron chi connectivity index (χ2n) is 2.09. The Morgan fingerprint density at radius 3 is 1.23 bits per heavy atom. The SMILES string of the molecule is C[CH2][Al+][CH2]C.O=S(=O)([O-])[O-].[CH3][Al+][CH3]. The van der Waals surface area contributed by atoms with Gasteiger partial charge < -0.3 is 9.11 Å². The van der Waals surface area contributed by atoms with Gasteiger partial charge in [-0.05, 0) is 0 Å². The van der Waals surface area contributed by atoms with Crippen molar-refractivity contribution in [1.82, 2.24) is 0 Å². The number of hydrogen-bond acceptors (Lipinski definition) is 4. The Bertz CT molecular complexity index is 148. The molecule has 0 atom stereocenters. The van der Waals surface area contributed by atoms with Gasteiger partial charge in [0.05, 0.1) is 0 Å². The summed E-state index contributed by atoms with van der Waals surface area (Å²) in [6.45, 7) is 4.50. The minimum atomic E-state index is -5.17. The predicted octanol–water partition coefficient (Wildman–Crippen LogP) is 1.02. The molecule has 4 nitrogen and oxygen atoms in total. The summed E-state index contributed by atoms with van der Waals surface area (Å²) in [5.41, 5.74) is 0. The summed E-state index contributed by atoms with van der Waals surface area (Å²) in [5, 5.41) is 2.85. The molecule has 0 aromatic heterocycles. The van der Waals surface area contributed by atoms with Gasteiger partial charge in [-0.1, -0.05) is 0 Å². The summed E-state index contributed by atoms with van der Waals surface area (Å²) in [7, 11) is -5.17. The topological polar surface area (TPSA) is 80.3 Å². The van der Waals surface area contributed by atoms with Crippen molar-refractivity contribution in [2.45, 2.75) is 36.0 Å². The zero-order valence-electron chi connectivity index (χ0n) is 8.61. The molecule has 7 heteroatoms. The molecule has 76 valence electrons. The average molecular weight is 238 g/mol. The van der Waals surface area contributed by atoms with Gasteiger partial charge in [-0.15, -0.1) is 0 Å². The van der Waals surface area contributed by atoms with Gasteiger partial charge in [-0.25, -0.2) is 0 Å². The van der Waals surface area contributed by atoms with Crippen molar-refractivity contribution in [2.75, 3.05) is 0 Å². The van der Waals surface area contributed by atoms with Gasteiger partial charge in [-0.3, -0.25) is 8.42 Å². The van der Waals surface area contributed by atoms with Crippen molar-refractivity contribution in [3.63, 3.8) is 0 Å². The van der Waals surface area contributed by atoms with Crippen LogP contribution in [0.15, 0.2) is 0 Å². The molecule has 0 saturated heterocycles. The molecule has 0 amide bonds. The second-order valence-corrected chi connectivity index (χ2v) is 6.27. The predicted molar refractivity (Wildman–Crippen MR) is 54.7 cm³/mol. The van der Waals surface area contributed by atoms with E-state index in [4.69, 9.17) is 17.5 Å². The molecule has 0 radical (unpaired) electrons. The fraction of sp³-hybridized carbons (Fsp3) is 1.00. The van der Waals surface area contributed by atoms with Crippen LogP contribution in [-0.4, -0.2) is 48.0 Å². The van der Waals surface area contributed by atoms with Gasteiger partial charge >= 0.3 is 66.4 Å². The molecule has 0 aromatic carbocycles. The van der Waals surface area contributed by atoms with Crippen molar-refractivity contribution in [3.8, 4) is 0 Å². The molecular formula is C6H16Al2O4S. The Balaban J connectivity index is -0.000000120. The quantitative estimate of drug-likeness (QED) is 0.408.